The van der Waals surface area contributed by atoms with Crippen molar-refractivity contribution in [3.8, 4) is 5.75 Å². The molecule has 2 amide bonds. The van der Waals surface area contributed by atoms with Crippen molar-refractivity contribution in [2.75, 3.05) is 13.7 Å². The molecule has 0 aliphatic heterocycles. The monoisotopic (exact) mass is 222 g/mol. The lowest BCUT2D eigenvalue weighted by Crippen LogP contribution is -2.36. The molecule has 1 aromatic carbocycles. The number of carbonyl (C=O) groups excluding carboxylic acids is 2. The minimum absolute atomic E-state index is 0.0117. The summed E-state index contributed by atoms with van der Waals surface area (Å²) >= 11 is 0. The number of urea groups is 1. The summed E-state index contributed by atoms with van der Waals surface area (Å²) in [5.41, 5.74) is 0.881. The van der Waals surface area contributed by atoms with Gasteiger partial charge in [0.2, 0.25) is 0 Å². The Bertz CT molecular complexity index is 366. The summed E-state index contributed by atoms with van der Waals surface area (Å²) < 4.78 is 5.13. The van der Waals surface area contributed by atoms with Gasteiger partial charge in [0.25, 0.3) is 0 Å². The van der Waals surface area contributed by atoms with Crippen molar-refractivity contribution in [1.82, 2.24) is 10.6 Å². The van der Waals surface area contributed by atoms with Crippen LogP contribution in [0.3, 0.4) is 0 Å². The first-order valence-electron chi connectivity index (χ1n) is 4.85. The molecule has 0 unspecified atom stereocenters. The van der Waals surface area contributed by atoms with Crippen LogP contribution in [0, 0.1) is 0 Å². The zero-order chi connectivity index (χ0) is 11.8. The van der Waals surface area contributed by atoms with Gasteiger partial charge < -0.3 is 20.2 Å². The molecule has 0 saturated carbocycles. The topological polar surface area (TPSA) is 67.4 Å². The van der Waals surface area contributed by atoms with Crippen LogP contribution in [0.2, 0.25) is 0 Å². The molecule has 0 aliphatic rings. The number of para-hydroxylation sites is 1. The second kappa shape index (κ2) is 6.44. The lowest BCUT2D eigenvalue weighted by atomic mass is 10.2. The Morgan fingerprint density at radius 3 is 2.81 bits per heavy atom. The first-order valence-corrected chi connectivity index (χ1v) is 4.85. The summed E-state index contributed by atoms with van der Waals surface area (Å²) in [6, 6.07) is 7.02. The number of amides is 2. The quantitative estimate of drug-likeness (QED) is 0.720. The number of hydrogen-bond acceptors (Lipinski definition) is 3. The first-order chi connectivity index (χ1) is 7.77. The van der Waals surface area contributed by atoms with Gasteiger partial charge in [-0.05, 0) is 6.07 Å². The van der Waals surface area contributed by atoms with E-state index in [4.69, 9.17) is 4.74 Å². The largest absolute Gasteiger partial charge is 0.496 e. The molecule has 86 valence electrons. The second-order valence-electron chi connectivity index (χ2n) is 3.04. The molecule has 0 bridgehead atoms. The van der Waals surface area contributed by atoms with Crippen molar-refractivity contribution < 1.29 is 14.3 Å². The van der Waals surface area contributed by atoms with Gasteiger partial charge in [-0.1, -0.05) is 18.2 Å². The molecule has 0 aliphatic carbocycles. The van der Waals surface area contributed by atoms with Crippen LogP contribution in [0.4, 0.5) is 4.79 Å². The minimum atomic E-state index is -0.377. The van der Waals surface area contributed by atoms with Crippen LogP contribution in [-0.2, 0) is 11.3 Å². The second-order valence-corrected chi connectivity index (χ2v) is 3.04. The molecule has 0 spiro atoms. The molecule has 16 heavy (non-hydrogen) atoms. The van der Waals surface area contributed by atoms with Gasteiger partial charge in [0.05, 0.1) is 13.7 Å². The molecular weight excluding hydrogens is 208 g/mol. The maximum absolute atomic E-state index is 11.2. The molecule has 0 atom stereocenters. The van der Waals surface area contributed by atoms with E-state index < -0.39 is 0 Å². The van der Waals surface area contributed by atoms with Crippen LogP contribution < -0.4 is 15.4 Å². The van der Waals surface area contributed by atoms with E-state index in [-0.39, 0.29) is 12.6 Å². The number of aldehydes is 1. The van der Waals surface area contributed by atoms with E-state index in [1.54, 1.807) is 7.11 Å². The van der Waals surface area contributed by atoms with Crippen LogP contribution >= 0.6 is 0 Å². The SMILES string of the molecule is COc1ccccc1CNC(=O)NCC=O. The minimum Gasteiger partial charge on any atom is -0.496 e. The van der Waals surface area contributed by atoms with Crippen molar-refractivity contribution in [2.24, 2.45) is 0 Å². The molecule has 5 nitrogen and oxygen atoms in total. The number of nitrogens with one attached hydrogen (secondary N) is 2. The first kappa shape index (κ1) is 12.0. The Morgan fingerprint density at radius 2 is 2.12 bits per heavy atom. The van der Waals surface area contributed by atoms with E-state index in [1.807, 2.05) is 24.3 Å². The number of hydrogen-bond donors (Lipinski definition) is 2. The molecule has 1 aromatic rings. The van der Waals surface area contributed by atoms with Crippen LogP contribution in [0.25, 0.3) is 0 Å². The van der Waals surface area contributed by atoms with Crippen LogP contribution in [0.15, 0.2) is 24.3 Å². The zero-order valence-electron chi connectivity index (χ0n) is 9.03. The highest BCUT2D eigenvalue weighted by Gasteiger charge is 2.03. The highest BCUT2D eigenvalue weighted by atomic mass is 16.5. The van der Waals surface area contributed by atoms with Gasteiger partial charge in [-0.25, -0.2) is 4.79 Å². The molecule has 0 aromatic heterocycles. The van der Waals surface area contributed by atoms with E-state index in [0.717, 1.165) is 11.3 Å². The fourth-order valence-electron chi connectivity index (χ4n) is 1.22. The third-order valence-electron chi connectivity index (χ3n) is 1.98. The van der Waals surface area contributed by atoms with Crippen LogP contribution in [0.5, 0.6) is 5.75 Å². The van der Waals surface area contributed by atoms with Gasteiger partial charge in [0.1, 0.15) is 12.0 Å². The van der Waals surface area contributed by atoms with Gasteiger partial charge in [-0.2, -0.15) is 0 Å². The molecule has 0 fully saturated rings. The average Bonchev–Trinajstić information content (AvgIpc) is 2.34. The van der Waals surface area contributed by atoms with Gasteiger partial charge in [0, 0.05) is 12.1 Å². The number of ether oxygens (including phenoxy) is 1. The molecule has 0 saturated heterocycles. The molecular formula is C11H14N2O3. The van der Waals surface area contributed by atoms with E-state index in [1.165, 1.54) is 0 Å². The molecule has 5 heteroatoms. The maximum atomic E-state index is 11.2. The Labute approximate surface area is 93.8 Å². The average molecular weight is 222 g/mol. The van der Waals surface area contributed by atoms with Crippen molar-refractivity contribution in [1.29, 1.82) is 0 Å². The van der Waals surface area contributed by atoms with Crippen molar-refractivity contribution in [3.63, 3.8) is 0 Å². The van der Waals surface area contributed by atoms with Gasteiger partial charge in [-0.15, -0.1) is 0 Å². The summed E-state index contributed by atoms with van der Waals surface area (Å²) in [6.45, 7) is 0.368. The number of benzene rings is 1. The number of carbonyl (C=O) groups is 2. The third-order valence-corrected chi connectivity index (χ3v) is 1.98. The van der Waals surface area contributed by atoms with Gasteiger partial charge >= 0.3 is 6.03 Å². The predicted octanol–water partition coefficient (Wildman–Crippen LogP) is 0.693. The fraction of sp³-hybridized carbons (Fsp3) is 0.273. The van der Waals surface area contributed by atoms with Crippen LogP contribution in [0.1, 0.15) is 5.56 Å². The zero-order valence-corrected chi connectivity index (χ0v) is 9.03. The van der Waals surface area contributed by atoms with E-state index in [0.29, 0.717) is 12.8 Å². The Kier molecular flexibility index (Phi) is 4.85. The molecule has 1 rings (SSSR count). The summed E-state index contributed by atoms with van der Waals surface area (Å²) in [6.07, 6.45) is 0.628. The Hall–Kier alpha value is -2.04. The number of rotatable bonds is 5. The standard InChI is InChI=1S/C11H14N2O3/c1-16-10-5-3-2-4-9(10)8-13-11(15)12-6-7-14/h2-5,7H,6,8H2,1H3,(H2,12,13,15). The summed E-state index contributed by atoms with van der Waals surface area (Å²) in [7, 11) is 1.57. The van der Waals surface area contributed by atoms with E-state index in [2.05, 4.69) is 10.6 Å². The smallest absolute Gasteiger partial charge is 0.315 e. The normalized spacial score (nSPS) is 9.31. The molecule has 0 heterocycles. The lowest BCUT2D eigenvalue weighted by molar-refractivity contribution is -0.107. The van der Waals surface area contributed by atoms with E-state index in [9.17, 15) is 9.59 Å². The Balaban J connectivity index is 2.47. The Morgan fingerprint density at radius 1 is 1.38 bits per heavy atom. The molecule has 2 N–H and O–H groups in total. The summed E-state index contributed by atoms with van der Waals surface area (Å²) in [5.74, 6) is 0.721. The fourth-order valence-corrected chi connectivity index (χ4v) is 1.22. The van der Waals surface area contributed by atoms with Crippen molar-refractivity contribution in [3.05, 3.63) is 29.8 Å². The van der Waals surface area contributed by atoms with Gasteiger partial charge in [0.15, 0.2) is 0 Å². The predicted molar refractivity (Wildman–Crippen MR) is 59.3 cm³/mol. The van der Waals surface area contributed by atoms with Crippen LogP contribution in [-0.4, -0.2) is 26.0 Å². The summed E-state index contributed by atoms with van der Waals surface area (Å²) in [5, 5.41) is 5.00. The maximum Gasteiger partial charge on any atom is 0.315 e. The summed E-state index contributed by atoms with van der Waals surface area (Å²) in [4.78, 5) is 21.2. The van der Waals surface area contributed by atoms with Crippen molar-refractivity contribution in [2.45, 2.75) is 6.54 Å². The highest BCUT2D eigenvalue weighted by Crippen LogP contribution is 2.16. The third kappa shape index (κ3) is 3.61. The van der Waals surface area contributed by atoms with E-state index >= 15 is 0 Å². The lowest BCUT2D eigenvalue weighted by Gasteiger charge is -2.09. The highest BCUT2D eigenvalue weighted by molar-refractivity contribution is 5.76. The molecule has 0 radical (unpaired) electrons. The van der Waals surface area contributed by atoms with Crippen molar-refractivity contribution >= 4 is 12.3 Å². The number of methoxy groups -OCH3 is 1. The van der Waals surface area contributed by atoms with Gasteiger partial charge in [-0.3, -0.25) is 0 Å².